The van der Waals surface area contributed by atoms with Gasteiger partial charge in [-0.05, 0) is 0 Å². The van der Waals surface area contributed by atoms with Crippen molar-refractivity contribution in [3.63, 3.8) is 0 Å². The van der Waals surface area contributed by atoms with Crippen LogP contribution in [0.2, 0.25) is 0 Å². The van der Waals surface area contributed by atoms with E-state index in [0.717, 1.165) is 13.1 Å². The van der Waals surface area contributed by atoms with Crippen molar-refractivity contribution in [3.8, 4) is 0 Å². The molecule has 0 atom stereocenters. The first-order valence-electron chi connectivity index (χ1n) is 3.48. The summed E-state index contributed by atoms with van der Waals surface area (Å²) in [6.07, 6.45) is 0. The monoisotopic (exact) mass is 234 g/mol. The fraction of sp³-hybridized carbons (Fsp3) is 1.00. The Hall–Kier alpha value is -0.330. The molecule has 90 valence electrons. The molecule has 0 aliphatic heterocycles. The van der Waals surface area contributed by atoms with Gasteiger partial charge in [-0.1, -0.05) is 0 Å². The molecule has 0 bridgehead atoms. The van der Waals surface area contributed by atoms with Gasteiger partial charge in [0.25, 0.3) is 0 Å². The number of nitrogens with one attached hydrogen (secondary N) is 1. The highest BCUT2D eigenvalue weighted by molar-refractivity contribution is 7.79. The van der Waals surface area contributed by atoms with Crippen molar-refractivity contribution < 1.29 is 22.7 Å². The summed E-state index contributed by atoms with van der Waals surface area (Å²) < 4.78 is 31.6. The Kier molecular flexibility index (Phi) is 20.9. The first-order valence-corrected chi connectivity index (χ1v) is 4.88. The van der Waals surface area contributed by atoms with E-state index >= 15 is 0 Å². The molecule has 0 aromatic heterocycles. The van der Waals surface area contributed by atoms with E-state index in [9.17, 15) is 0 Å². The third-order valence-electron chi connectivity index (χ3n) is 0.642. The summed E-state index contributed by atoms with van der Waals surface area (Å²) in [4.78, 5) is 0. The van der Waals surface area contributed by atoms with Gasteiger partial charge in [0.1, 0.15) is 0 Å². The van der Waals surface area contributed by atoms with Crippen LogP contribution in [0.5, 0.6) is 0 Å². The molecule has 14 heavy (non-hydrogen) atoms. The molecule has 0 spiro atoms. The number of hydrogen-bond donors (Lipinski definition) is 7. The minimum Gasteiger partial charge on any atom is -0.329 e. The van der Waals surface area contributed by atoms with Crippen molar-refractivity contribution in [2.75, 3.05) is 26.2 Å². The van der Waals surface area contributed by atoms with Crippen LogP contribution in [0.3, 0.4) is 0 Å². The van der Waals surface area contributed by atoms with E-state index in [2.05, 4.69) is 11.2 Å². The molecule has 0 radical (unpaired) electrons. The van der Waals surface area contributed by atoms with E-state index in [1.165, 1.54) is 0 Å². The topological polar surface area (TPSA) is 185 Å². The summed E-state index contributed by atoms with van der Waals surface area (Å²) in [7, 11) is -4.67. The summed E-state index contributed by atoms with van der Waals surface area (Å²) in [5.74, 6) is 3.50. The zero-order valence-corrected chi connectivity index (χ0v) is 8.44. The molecule has 10 heteroatoms. The highest BCUT2D eigenvalue weighted by Crippen LogP contribution is 1.59. The Morgan fingerprint density at radius 2 is 1.21 bits per heavy atom. The first kappa shape index (κ1) is 19.3. The van der Waals surface area contributed by atoms with Gasteiger partial charge < -0.3 is 22.0 Å². The van der Waals surface area contributed by atoms with Gasteiger partial charge in [-0.25, -0.2) is 5.90 Å². The molecule has 0 saturated carbocycles. The molecule has 0 heterocycles. The molecule has 0 aromatic rings. The summed E-state index contributed by atoms with van der Waals surface area (Å²) in [5.41, 5.74) is 10.3. The normalized spacial score (nSPS) is 9.29. The molecular formula is C4H18N4O5S. The number of nitrogens with two attached hydrogens (primary N) is 3. The third-order valence-corrected chi connectivity index (χ3v) is 0.642. The smallest absolute Gasteiger partial charge is 0.329 e. The minimum atomic E-state index is -4.67. The fourth-order valence-corrected chi connectivity index (χ4v) is 0.329. The van der Waals surface area contributed by atoms with Crippen molar-refractivity contribution in [1.82, 2.24) is 5.32 Å². The fourth-order valence-electron chi connectivity index (χ4n) is 0.329. The maximum absolute atomic E-state index is 8.74. The van der Waals surface area contributed by atoms with E-state index in [1.54, 1.807) is 0 Å². The molecule has 0 unspecified atom stereocenters. The van der Waals surface area contributed by atoms with Crippen molar-refractivity contribution in [3.05, 3.63) is 0 Å². The van der Waals surface area contributed by atoms with E-state index < -0.39 is 10.4 Å². The van der Waals surface area contributed by atoms with Crippen LogP contribution in [0.4, 0.5) is 0 Å². The number of rotatable bonds is 4. The zero-order chi connectivity index (χ0) is 12.0. The Morgan fingerprint density at radius 1 is 1.00 bits per heavy atom. The lowest BCUT2D eigenvalue weighted by atomic mass is 10.6. The lowest BCUT2D eigenvalue weighted by Crippen LogP contribution is -2.27. The van der Waals surface area contributed by atoms with Gasteiger partial charge in [-0.2, -0.15) is 8.42 Å². The predicted octanol–water partition coefficient (Wildman–Crippen LogP) is -2.83. The van der Waals surface area contributed by atoms with Crippen LogP contribution in [-0.4, -0.2) is 48.9 Å². The molecule has 0 aliphatic carbocycles. The third kappa shape index (κ3) is 98.6. The van der Waals surface area contributed by atoms with Crippen LogP contribution in [0.25, 0.3) is 0 Å². The summed E-state index contributed by atoms with van der Waals surface area (Å²) in [5, 5.41) is 9.53. The van der Waals surface area contributed by atoms with Gasteiger partial charge in [-0.3, -0.25) is 9.11 Å². The molecule has 0 aromatic carbocycles. The molecule has 10 N–H and O–H groups in total. The van der Waals surface area contributed by atoms with Gasteiger partial charge in [0.05, 0.1) is 0 Å². The van der Waals surface area contributed by atoms with Crippen molar-refractivity contribution in [2.24, 2.45) is 17.4 Å². The Labute approximate surface area is 82.8 Å². The van der Waals surface area contributed by atoms with Gasteiger partial charge >= 0.3 is 10.4 Å². The van der Waals surface area contributed by atoms with Crippen LogP contribution in [0, 0.1) is 0 Å². The highest BCUT2D eigenvalue weighted by Gasteiger charge is 1.84. The SMILES string of the molecule is NCCNCCN.NO.O=S(=O)(O)O. The van der Waals surface area contributed by atoms with Crippen LogP contribution in [0.15, 0.2) is 0 Å². The van der Waals surface area contributed by atoms with E-state index in [-0.39, 0.29) is 0 Å². The molecule has 0 fully saturated rings. The van der Waals surface area contributed by atoms with Gasteiger partial charge in [0.2, 0.25) is 0 Å². The Balaban J connectivity index is -0.000000152. The molecule has 0 aliphatic rings. The van der Waals surface area contributed by atoms with Crippen LogP contribution >= 0.6 is 0 Å². The quantitative estimate of drug-likeness (QED) is 0.153. The maximum Gasteiger partial charge on any atom is 0.394 e. The molecule has 0 amide bonds. The Bertz CT molecular complexity index is 161. The second kappa shape index (κ2) is 15.2. The molecular weight excluding hydrogens is 216 g/mol. The van der Waals surface area contributed by atoms with Crippen molar-refractivity contribution >= 4 is 10.4 Å². The van der Waals surface area contributed by atoms with Crippen molar-refractivity contribution in [2.45, 2.75) is 0 Å². The maximum atomic E-state index is 8.74. The zero-order valence-electron chi connectivity index (χ0n) is 7.63. The summed E-state index contributed by atoms with van der Waals surface area (Å²) >= 11 is 0. The molecule has 0 rings (SSSR count). The molecule has 0 saturated heterocycles. The van der Waals surface area contributed by atoms with Gasteiger partial charge in [-0.15, -0.1) is 0 Å². The van der Waals surface area contributed by atoms with E-state index in [4.69, 9.17) is 34.2 Å². The van der Waals surface area contributed by atoms with Crippen LogP contribution in [-0.2, 0) is 10.4 Å². The van der Waals surface area contributed by atoms with E-state index in [0.29, 0.717) is 13.1 Å². The first-order chi connectivity index (χ1) is 6.41. The van der Waals surface area contributed by atoms with E-state index in [1.807, 2.05) is 0 Å². The average Bonchev–Trinajstić information content (AvgIpc) is 2.06. The van der Waals surface area contributed by atoms with Crippen molar-refractivity contribution in [1.29, 1.82) is 0 Å². The van der Waals surface area contributed by atoms with Crippen LogP contribution in [0.1, 0.15) is 0 Å². The van der Waals surface area contributed by atoms with Gasteiger partial charge in [0.15, 0.2) is 0 Å². The largest absolute Gasteiger partial charge is 0.394 e. The second-order valence-corrected chi connectivity index (χ2v) is 2.67. The van der Waals surface area contributed by atoms with Crippen LogP contribution < -0.4 is 22.7 Å². The predicted molar refractivity (Wildman–Crippen MR) is 51.1 cm³/mol. The lowest BCUT2D eigenvalue weighted by Gasteiger charge is -1.95. The standard InChI is InChI=1S/C4H13N3.H3NO.H2O4S/c5-1-3-7-4-2-6;1-2;1-5(2,3)4/h7H,1-6H2;2H,1H2;(H2,1,2,3,4). The second-order valence-electron chi connectivity index (χ2n) is 1.78. The average molecular weight is 234 g/mol. The highest BCUT2D eigenvalue weighted by atomic mass is 32.3. The summed E-state index contributed by atoms with van der Waals surface area (Å²) in [6, 6.07) is 0. The Morgan fingerprint density at radius 3 is 1.36 bits per heavy atom. The molecule has 9 nitrogen and oxygen atoms in total. The minimum absolute atomic E-state index is 0.694. The van der Waals surface area contributed by atoms with Gasteiger partial charge in [0, 0.05) is 26.2 Å². The number of hydrogen-bond acceptors (Lipinski definition) is 7. The lowest BCUT2D eigenvalue weighted by molar-refractivity contribution is 0.311. The summed E-state index contributed by atoms with van der Waals surface area (Å²) in [6.45, 7) is 3.13.